The second-order valence-electron chi connectivity index (χ2n) is 10.9. The molecule has 5 rings (SSSR count). The lowest BCUT2D eigenvalue weighted by atomic mass is 9.95. The number of aryl methyl sites for hydroxylation is 1. The van der Waals surface area contributed by atoms with Crippen molar-refractivity contribution in [3.63, 3.8) is 0 Å². The molecule has 1 fully saturated rings. The first kappa shape index (κ1) is 29.1. The number of aromatic hydroxyl groups is 1. The fraction of sp³-hybridized carbons (Fsp3) is 0.364. The van der Waals surface area contributed by atoms with Gasteiger partial charge in [0.1, 0.15) is 11.5 Å². The van der Waals surface area contributed by atoms with Crippen molar-refractivity contribution < 1.29 is 24.2 Å². The molecular weight excluding hydrogens is 532 g/mol. The molecule has 0 aromatic heterocycles. The number of likely N-dealkylation sites (tertiary alicyclic amines) is 1. The summed E-state index contributed by atoms with van der Waals surface area (Å²) in [4.78, 5) is 42.0. The Morgan fingerprint density at radius 2 is 1.69 bits per heavy atom. The zero-order chi connectivity index (χ0) is 29.5. The highest BCUT2D eigenvalue weighted by Crippen LogP contribution is 2.32. The number of hydrogen-bond acceptors (Lipinski definition) is 6. The van der Waals surface area contributed by atoms with Gasteiger partial charge >= 0.3 is 0 Å². The van der Waals surface area contributed by atoms with Crippen LogP contribution in [-0.4, -0.2) is 66.1 Å². The molecule has 3 aromatic rings. The molecule has 4 N–H and O–H groups in total. The summed E-state index contributed by atoms with van der Waals surface area (Å²) in [7, 11) is 0. The van der Waals surface area contributed by atoms with Crippen LogP contribution in [0.3, 0.4) is 0 Å². The van der Waals surface area contributed by atoms with Gasteiger partial charge < -0.3 is 30.7 Å². The number of rotatable bonds is 10. The van der Waals surface area contributed by atoms with Crippen LogP contribution in [0.25, 0.3) is 0 Å². The molecule has 1 saturated heterocycles. The molecule has 1 atom stereocenters. The number of ether oxygens (including phenoxy) is 1. The molecule has 2 aliphatic heterocycles. The third-order valence-corrected chi connectivity index (χ3v) is 7.96. The number of benzene rings is 3. The number of nitrogens with one attached hydrogen (secondary N) is 1. The van der Waals surface area contributed by atoms with Gasteiger partial charge in [0.15, 0.2) is 0 Å². The molecule has 9 nitrogen and oxygen atoms in total. The average Bonchev–Trinajstić information content (AvgIpc) is 3.02. The number of hydrogen-bond donors (Lipinski definition) is 3. The molecular formula is C33H38N4O5. The van der Waals surface area contributed by atoms with Gasteiger partial charge in [0.25, 0.3) is 5.91 Å². The maximum absolute atomic E-state index is 13.1. The van der Waals surface area contributed by atoms with Crippen molar-refractivity contribution in [3.8, 4) is 11.5 Å². The smallest absolute Gasteiger partial charge is 0.253 e. The number of phenolic OH excluding ortho intramolecular Hbond substituents is 1. The Balaban J connectivity index is 1.02. The highest BCUT2D eigenvalue weighted by Gasteiger charge is 2.33. The predicted molar refractivity (Wildman–Crippen MR) is 161 cm³/mol. The lowest BCUT2D eigenvalue weighted by Crippen LogP contribution is -2.50. The number of anilines is 1. The van der Waals surface area contributed by atoms with Crippen LogP contribution in [0, 0.1) is 0 Å². The Bertz CT molecular complexity index is 1380. The number of fused-ring (bicyclic) bond motifs is 1. The standard InChI is InChI=1S/C33H38N4O5/c34-29(22-23-6-11-27(38)12-7-23)32(40)35-18-3-21-42-28-13-8-25(9-14-28)33(41)36-19-16-26(17-20-36)37-30-5-2-1-4-24(30)10-15-31(37)39/h1-2,4-9,11-14,26,29,38H,3,10,15-22,34H2,(H,35,40)/t29-/m0/s1. The van der Waals surface area contributed by atoms with E-state index in [1.807, 2.05) is 28.0 Å². The molecule has 0 aliphatic carbocycles. The monoisotopic (exact) mass is 570 g/mol. The van der Waals surface area contributed by atoms with Crippen molar-refractivity contribution in [3.05, 3.63) is 89.5 Å². The van der Waals surface area contributed by atoms with Crippen LogP contribution in [-0.2, 0) is 22.4 Å². The van der Waals surface area contributed by atoms with Crippen molar-refractivity contribution >= 4 is 23.4 Å². The van der Waals surface area contributed by atoms with Gasteiger partial charge in [-0.3, -0.25) is 14.4 Å². The van der Waals surface area contributed by atoms with Crippen molar-refractivity contribution in [2.24, 2.45) is 5.73 Å². The van der Waals surface area contributed by atoms with Crippen molar-refractivity contribution in [1.82, 2.24) is 10.2 Å². The summed E-state index contributed by atoms with van der Waals surface area (Å²) in [5, 5.41) is 12.2. The molecule has 0 bridgehead atoms. The van der Waals surface area contributed by atoms with Gasteiger partial charge in [-0.15, -0.1) is 0 Å². The fourth-order valence-electron chi connectivity index (χ4n) is 5.64. The molecule has 2 aliphatic rings. The van der Waals surface area contributed by atoms with Crippen molar-refractivity contribution in [1.29, 1.82) is 0 Å². The van der Waals surface area contributed by atoms with Gasteiger partial charge in [-0.2, -0.15) is 0 Å². The molecule has 42 heavy (non-hydrogen) atoms. The topological polar surface area (TPSA) is 125 Å². The van der Waals surface area contributed by atoms with E-state index in [0.717, 1.165) is 30.5 Å². The lowest BCUT2D eigenvalue weighted by molar-refractivity contribution is -0.122. The number of phenols is 1. The zero-order valence-electron chi connectivity index (χ0n) is 23.7. The molecule has 0 spiro atoms. The van der Waals surface area contributed by atoms with E-state index in [2.05, 4.69) is 11.4 Å². The highest BCUT2D eigenvalue weighted by molar-refractivity contribution is 5.97. The number of para-hydroxylation sites is 1. The van der Waals surface area contributed by atoms with Crippen LogP contribution in [0.5, 0.6) is 11.5 Å². The average molecular weight is 571 g/mol. The van der Waals surface area contributed by atoms with Gasteiger partial charge in [0, 0.05) is 43.3 Å². The molecule has 0 saturated carbocycles. The summed E-state index contributed by atoms with van der Waals surface area (Å²) in [5.74, 6) is 0.750. The lowest BCUT2D eigenvalue weighted by Gasteiger charge is -2.41. The summed E-state index contributed by atoms with van der Waals surface area (Å²) in [6.07, 6.45) is 3.83. The second kappa shape index (κ2) is 13.5. The number of carbonyl (C=O) groups is 3. The zero-order valence-corrected chi connectivity index (χ0v) is 23.7. The number of nitrogens with zero attached hydrogens (tertiary/aromatic N) is 2. The number of amides is 3. The largest absolute Gasteiger partial charge is 0.508 e. The van der Waals surface area contributed by atoms with Crippen LogP contribution in [0.1, 0.15) is 47.2 Å². The summed E-state index contributed by atoms with van der Waals surface area (Å²) < 4.78 is 5.79. The molecule has 9 heteroatoms. The Morgan fingerprint density at radius 3 is 2.43 bits per heavy atom. The first-order valence-corrected chi connectivity index (χ1v) is 14.6. The third-order valence-electron chi connectivity index (χ3n) is 7.96. The maximum Gasteiger partial charge on any atom is 0.253 e. The maximum atomic E-state index is 13.1. The molecule has 3 amide bonds. The summed E-state index contributed by atoms with van der Waals surface area (Å²) >= 11 is 0. The van der Waals surface area contributed by atoms with Gasteiger partial charge in [-0.1, -0.05) is 30.3 Å². The van der Waals surface area contributed by atoms with Crippen LogP contribution >= 0.6 is 0 Å². The van der Waals surface area contributed by atoms with Crippen LogP contribution in [0.4, 0.5) is 5.69 Å². The van der Waals surface area contributed by atoms with Gasteiger partial charge in [-0.25, -0.2) is 0 Å². The van der Waals surface area contributed by atoms with E-state index in [1.54, 1.807) is 48.5 Å². The molecule has 0 unspecified atom stereocenters. The third kappa shape index (κ3) is 7.09. The second-order valence-corrected chi connectivity index (χ2v) is 10.9. The summed E-state index contributed by atoms with van der Waals surface area (Å²) in [6.45, 7) is 2.06. The van der Waals surface area contributed by atoms with E-state index in [0.29, 0.717) is 56.8 Å². The summed E-state index contributed by atoms with van der Waals surface area (Å²) in [5.41, 5.74) is 9.72. The van der Waals surface area contributed by atoms with E-state index in [1.165, 1.54) is 5.56 Å². The van der Waals surface area contributed by atoms with E-state index < -0.39 is 6.04 Å². The Labute approximate surface area is 246 Å². The van der Waals surface area contributed by atoms with E-state index in [-0.39, 0.29) is 29.5 Å². The quantitative estimate of drug-likeness (QED) is 0.321. The van der Waals surface area contributed by atoms with E-state index in [4.69, 9.17) is 10.5 Å². The normalized spacial score (nSPS) is 16.1. The Kier molecular flexibility index (Phi) is 9.38. The van der Waals surface area contributed by atoms with Gasteiger partial charge in [0.2, 0.25) is 11.8 Å². The van der Waals surface area contributed by atoms with Gasteiger partial charge in [-0.05, 0) is 85.7 Å². The predicted octanol–water partition coefficient (Wildman–Crippen LogP) is 3.43. The molecule has 3 aromatic carbocycles. The van der Waals surface area contributed by atoms with Crippen LogP contribution < -0.4 is 20.7 Å². The Hall–Kier alpha value is -4.37. The van der Waals surface area contributed by atoms with Crippen molar-refractivity contribution in [2.75, 3.05) is 31.1 Å². The highest BCUT2D eigenvalue weighted by atomic mass is 16.5. The number of piperidine rings is 1. The van der Waals surface area contributed by atoms with Crippen molar-refractivity contribution in [2.45, 2.75) is 50.6 Å². The first-order chi connectivity index (χ1) is 20.4. The number of carbonyl (C=O) groups excluding carboxylic acids is 3. The minimum absolute atomic E-state index is 0.0169. The van der Waals surface area contributed by atoms with Crippen LogP contribution in [0.15, 0.2) is 72.8 Å². The number of nitrogens with two attached hydrogens (primary N) is 1. The minimum Gasteiger partial charge on any atom is -0.508 e. The first-order valence-electron chi connectivity index (χ1n) is 14.6. The minimum atomic E-state index is -0.671. The van der Waals surface area contributed by atoms with Crippen LogP contribution in [0.2, 0.25) is 0 Å². The van der Waals surface area contributed by atoms with E-state index in [9.17, 15) is 19.5 Å². The van der Waals surface area contributed by atoms with Gasteiger partial charge in [0.05, 0.1) is 12.6 Å². The van der Waals surface area contributed by atoms with E-state index >= 15 is 0 Å². The Morgan fingerprint density at radius 1 is 0.976 bits per heavy atom. The molecule has 220 valence electrons. The molecule has 0 radical (unpaired) electrons. The fourth-order valence-corrected chi connectivity index (χ4v) is 5.64. The summed E-state index contributed by atoms with van der Waals surface area (Å²) in [6, 6.07) is 21.3. The SMILES string of the molecule is N[C@@H](Cc1ccc(O)cc1)C(=O)NCCCOc1ccc(C(=O)N2CCC(N3C(=O)CCc4ccccc43)CC2)cc1. The molecule has 2 heterocycles.